The number of nitrogens with zero attached hydrogens (tertiary/aromatic N) is 1. The van der Waals surface area contributed by atoms with Crippen molar-refractivity contribution in [1.29, 1.82) is 0 Å². The van der Waals surface area contributed by atoms with Gasteiger partial charge < -0.3 is 5.73 Å². The van der Waals surface area contributed by atoms with Crippen LogP contribution in [0.25, 0.3) is 10.1 Å². The Bertz CT molecular complexity index is 686. The zero-order valence-corrected chi connectivity index (χ0v) is 13.1. The van der Waals surface area contributed by atoms with Crippen LogP contribution in [0, 0.1) is 0 Å². The number of thiophene rings is 2. The zero-order valence-electron chi connectivity index (χ0n) is 11.5. The fourth-order valence-corrected chi connectivity index (χ4v) is 4.26. The van der Waals surface area contributed by atoms with Crippen molar-refractivity contribution in [3.05, 3.63) is 57.1 Å². The Morgan fingerprint density at radius 1 is 1.15 bits per heavy atom. The van der Waals surface area contributed by atoms with Crippen molar-refractivity contribution in [3.8, 4) is 0 Å². The van der Waals surface area contributed by atoms with E-state index in [9.17, 15) is 0 Å². The third-order valence-electron chi connectivity index (χ3n) is 3.43. The van der Waals surface area contributed by atoms with Crippen LogP contribution >= 0.6 is 22.7 Å². The highest BCUT2D eigenvalue weighted by molar-refractivity contribution is 7.19. The Hall–Kier alpha value is -1.20. The third-order valence-corrected chi connectivity index (χ3v) is 5.40. The standard InChI is InChI=1S/C16H18N2S2/c1-18(9-12-6-7-19-11-12)10-14-13-4-2-3-5-15(13)20-16(14)8-17/h2-7,11H,8-10,17H2,1H3. The largest absolute Gasteiger partial charge is 0.326 e. The molecule has 0 radical (unpaired) electrons. The van der Waals surface area contributed by atoms with Gasteiger partial charge in [-0.2, -0.15) is 11.3 Å². The predicted molar refractivity (Wildman–Crippen MR) is 89.2 cm³/mol. The summed E-state index contributed by atoms with van der Waals surface area (Å²) in [7, 11) is 2.17. The van der Waals surface area contributed by atoms with E-state index >= 15 is 0 Å². The summed E-state index contributed by atoms with van der Waals surface area (Å²) in [5.74, 6) is 0. The summed E-state index contributed by atoms with van der Waals surface area (Å²) in [4.78, 5) is 3.67. The van der Waals surface area contributed by atoms with E-state index in [2.05, 4.69) is 53.0 Å². The molecule has 2 nitrogen and oxygen atoms in total. The van der Waals surface area contributed by atoms with Crippen LogP contribution in [-0.2, 0) is 19.6 Å². The van der Waals surface area contributed by atoms with Gasteiger partial charge in [0.05, 0.1) is 0 Å². The summed E-state index contributed by atoms with van der Waals surface area (Å²) in [6.07, 6.45) is 0. The van der Waals surface area contributed by atoms with Gasteiger partial charge in [-0.3, -0.25) is 4.90 Å². The maximum atomic E-state index is 5.92. The van der Waals surface area contributed by atoms with Gasteiger partial charge in [-0.15, -0.1) is 11.3 Å². The van der Waals surface area contributed by atoms with Crippen molar-refractivity contribution in [2.75, 3.05) is 7.05 Å². The molecule has 0 unspecified atom stereocenters. The normalized spacial score (nSPS) is 11.6. The maximum Gasteiger partial charge on any atom is 0.0349 e. The van der Waals surface area contributed by atoms with Crippen molar-refractivity contribution in [1.82, 2.24) is 4.90 Å². The Balaban J connectivity index is 1.85. The highest BCUT2D eigenvalue weighted by atomic mass is 32.1. The van der Waals surface area contributed by atoms with Gasteiger partial charge in [0.15, 0.2) is 0 Å². The molecule has 3 rings (SSSR count). The summed E-state index contributed by atoms with van der Waals surface area (Å²) in [6.45, 7) is 2.56. The zero-order chi connectivity index (χ0) is 13.9. The van der Waals surface area contributed by atoms with Crippen molar-refractivity contribution in [3.63, 3.8) is 0 Å². The molecule has 0 saturated carbocycles. The molecule has 0 aliphatic carbocycles. The van der Waals surface area contributed by atoms with Gasteiger partial charge in [0.1, 0.15) is 0 Å². The topological polar surface area (TPSA) is 29.3 Å². The van der Waals surface area contributed by atoms with E-state index in [1.807, 2.05) is 11.3 Å². The first-order valence-corrected chi connectivity index (χ1v) is 8.43. The van der Waals surface area contributed by atoms with Gasteiger partial charge in [-0.1, -0.05) is 18.2 Å². The lowest BCUT2D eigenvalue weighted by atomic mass is 10.1. The van der Waals surface area contributed by atoms with Crippen LogP contribution in [-0.4, -0.2) is 11.9 Å². The van der Waals surface area contributed by atoms with Gasteiger partial charge >= 0.3 is 0 Å². The minimum absolute atomic E-state index is 0.626. The molecule has 0 amide bonds. The van der Waals surface area contributed by atoms with Crippen LogP contribution in [0.2, 0.25) is 0 Å². The van der Waals surface area contributed by atoms with Crippen LogP contribution in [0.3, 0.4) is 0 Å². The van der Waals surface area contributed by atoms with Gasteiger partial charge in [0, 0.05) is 29.2 Å². The monoisotopic (exact) mass is 302 g/mol. The Morgan fingerprint density at radius 2 is 2.00 bits per heavy atom. The van der Waals surface area contributed by atoms with Crippen LogP contribution < -0.4 is 5.73 Å². The summed E-state index contributed by atoms with van der Waals surface area (Å²) < 4.78 is 1.34. The molecule has 20 heavy (non-hydrogen) atoms. The first-order valence-electron chi connectivity index (χ1n) is 6.67. The molecule has 2 N–H and O–H groups in total. The van der Waals surface area contributed by atoms with Crippen molar-refractivity contribution in [2.45, 2.75) is 19.6 Å². The van der Waals surface area contributed by atoms with Gasteiger partial charge in [-0.25, -0.2) is 0 Å². The molecule has 0 fully saturated rings. The molecule has 0 aliphatic rings. The third kappa shape index (κ3) is 2.79. The fourth-order valence-electron chi connectivity index (χ4n) is 2.51. The molecule has 0 atom stereocenters. The minimum Gasteiger partial charge on any atom is -0.326 e. The number of nitrogens with two attached hydrogens (primary N) is 1. The lowest BCUT2D eigenvalue weighted by Gasteiger charge is -2.16. The van der Waals surface area contributed by atoms with Crippen LogP contribution in [0.1, 0.15) is 16.0 Å². The number of rotatable bonds is 5. The van der Waals surface area contributed by atoms with Crippen LogP contribution in [0.15, 0.2) is 41.1 Å². The Labute approximate surface area is 127 Å². The van der Waals surface area contributed by atoms with Crippen LogP contribution in [0.5, 0.6) is 0 Å². The average Bonchev–Trinajstić information content (AvgIpc) is 3.07. The van der Waals surface area contributed by atoms with E-state index in [-0.39, 0.29) is 0 Å². The minimum atomic E-state index is 0.626. The molecular formula is C16H18N2S2. The molecule has 0 spiro atoms. The summed E-state index contributed by atoms with van der Waals surface area (Å²) in [5, 5.41) is 5.70. The maximum absolute atomic E-state index is 5.92. The molecule has 2 heterocycles. The van der Waals surface area contributed by atoms with Crippen molar-refractivity contribution < 1.29 is 0 Å². The first-order chi connectivity index (χ1) is 9.78. The van der Waals surface area contributed by atoms with Gasteiger partial charge in [-0.05, 0) is 46.5 Å². The number of hydrogen-bond donors (Lipinski definition) is 1. The highest BCUT2D eigenvalue weighted by Gasteiger charge is 2.12. The number of hydrogen-bond acceptors (Lipinski definition) is 4. The molecular weight excluding hydrogens is 284 g/mol. The van der Waals surface area contributed by atoms with E-state index < -0.39 is 0 Å². The smallest absolute Gasteiger partial charge is 0.0349 e. The van der Waals surface area contributed by atoms with E-state index in [0.29, 0.717) is 6.54 Å². The molecule has 104 valence electrons. The molecule has 4 heteroatoms. The second-order valence-corrected chi connectivity index (χ2v) is 6.92. The summed E-state index contributed by atoms with van der Waals surface area (Å²) in [6, 6.07) is 10.8. The van der Waals surface area contributed by atoms with Gasteiger partial charge in [0.25, 0.3) is 0 Å². The SMILES string of the molecule is CN(Cc1ccsc1)Cc1c(CN)sc2ccccc12. The van der Waals surface area contributed by atoms with E-state index in [1.54, 1.807) is 11.3 Å². The van der Waals surface area contributed by atoms with E-state index in [0.717, 1.165) is 13.1 Å². The quantitative estimate of drug-likeness (QED) is 0.770. The Kier molecular flexibility index (Phi) is 4.17. The predicted octanol–water partition coefficient (Wildman–Crippen LogP) is 4.05. The molecule has 0 saturated heterocycles. The number of benzene rings is 1. The van der Waals surface area contributed by atoms with E-state index in [1.165, 1.54) is 26.1 Å². The van der Waals surface area contributed by atoms with Gasteiger partial charge in [0.2, 0.25) is 0 Å². The first kappa shape index (κ1) is 13.8. The lowest BCUT2D eigenvalue weighted by Crippen LogP contribution is -2.17. The van der Waals surface area contributed by atoms with Crippen molar-refractivity contribution >= 4 is 32.8 Å². The molecule has 3 aromatic rings. The average molecular weight is 302 g/mol. The lowest BCUT2D eigenvalue weighted by molar-refractivity contribution is 0.320. The molecule has 1 aromatic carbocycles. The van der Waals surface area contributed by atoms with Crippen molar-refractivity contribution in [2.24, 2.45) is 5.73 Å². The fraction of sp³-hybridized carbons (Fsp3) is 0.250. The molecule has 0 aliphatic heterocycles. The van der Waals surface area contributed by atoms with E-state index in [4.69, 9.17) is 5.73 Å². The summed E-state index contributed by atoms with van der Waals surface area (Å²) in [5.41, 5.74) is 8.69. The molecule has 0 bridgehead atoms. The molecule has 2 aromatic heterocycles. The Morgan fingerprint density at radius 3 is 2.75 bits per heavy atom. The highest BCUT2D eigenvalue weighted by Crippen LogP contribution is 2.32. The number of fused-ring (bicyclic) bond motifs is 1. The van der Waals surface area contributed by atoms with Crippen LogP contribution in [0.4, 0.5) is 0 Å². The second-order valence-electron chi connectivity index (χ2n) is 5.01. The summed E-state index contributed by atoms with van der Waals surface area (Å²) >= 11 is 3.58. The second kappa shape index (κ2) is 6.06.